The second-order valence-electron chi connectivity index (χ2n) is 7.72. The first-order valence-electron chi connectivity index (χ1n) is 9.77. The van der Waals surface area contributed by atoms with Crippen LogP contribution in [0.3, 0.4) is 0 Å². The number of primary amides is 1. The molecule has 1 aromatic heterocycles. The predicted molar refractivity (Wildman–Crippen MR) is 111 cm³/mol. The summed E-state index contributed by atoms with van der Waals surface area (Å²) in [6, 6.07) is 12.7. The Labute approximate surface area is 163 Å². The van der Waals surface area contributed by atoms with Crippen LogP contribution in [-0.4, -0.2) is 53.2 Å². The standard InChI is InChI=1S/C21H24N6O/c22-20-16-5-1-13(11-18(16)24-25-20)14-2-6-17(21(23)28)19(12-14)27-9-7-26(8-10-27)15-3-4-15/h1-2,5-6,11-12,15H,3-4,7-10H2,(H2,23,28)(H3,22,24,25). The molecule has 2 aromatic carbocycles. The van der Waals surface area contributed by atoms with Crippen LogP contribution < -0.4 is 16.4 Å². The molecule has 0 unspecified atom stereocenters. The average molecular weight is 376 g/mol. The molecule has 1 saturated heterocycles. The van der Waals surface area contributed by atoms with Gasteiger partial charge in [-0.3, -0.25) is 14.8 Å². The van der Waals surface area contributed by atoms with Gasteiger partial charge in [0.15, 0.2) is 5.82 Å². The summed E-state index contributed by atoms with van der Waals surface area (Å²) in [5.41, 5.74) is 16.0. The van der Waals surface area contributed by atoms with E-state index in [0.717, 1.165) is 59.9 Å². The Morgan fingerprint density at radius 2 is 1.75 bits per heavy atom. The van der Waals surface area contributed by atoms with E-state index in [0.29, 0.717) is 11.4 Å². The van der Waals surface area contributed by atoms with Gasteiger partial charge in [0, 0.05) is 37.6 Å². The van der Waals surface area contributed by atoms with E-state index in [1.807, 2.05) is 30.3 Å². The summed E-state index contributed by atoms with van der Waals surface area (Å²) < 4.78 is 0. The molecule has 2 fully saturated rings. The van der Waals surface area contributed by atoms with Crippen LogP contribution in [0.5, 0.6) is 0 Å². The normalized spacial score (nSPS) is 17.9. The van der Waals surface area contributed by atoms with Crippen molar-refractivity contribution < 1.29 is 4.79 Å². The quantitative estimate of drug-likeness (QED) is 0.647. The molecule has 2 aliphatic rings. The summed E-state index contributed by atoms with van der Waals surface area (Å²) in [5, 5.41) is 7.94. The molecule has 0 bridgehead atoms. The number of nitrogens with two attached hydrogens (primary N) is 2. The lowest BCUT2D eigenvalue weighted by Gasteiger charge is -2.37. The largest absolute Gasteiger partial charge is 0.382 e. The van der Waals surface area contributed by atoms with Gasteiger partial charge in [0.05, 0.1) is 16.8 Å². The Hall–Kier alpha value is -3.06. The Morgan fingerprint density at radius 1 is 1.04 bits per heavy atom. The monoisotopic (exact) mass is 376 g/mol. The minimum absolute atomic E-state index is 0.386. The number of hydrogen-bond donors (Lipinski definition) is 3. The second-order valence-corrected chi connectivity index (χ2v) is 7.72. The molecule has 5 N–H and O–H groups in total. The Balaban J connectivity index is 1.49. The Bertz CT molecular complexity index is 1050. The van der Waals surface area contributed by atoms with Gasteiger partial charge in [-0.2, -0.15) is 5.10 Å². The predicted octanol–water partition coefficient (Wildman–Crippen LogP) is 2.20. The highest BCUT2D eigenvalue weighted by Gasteiger charge is 2.31. The average Bonchev–Trinajstić information content (AvgIpc) is 3.51. The zero-order valence-corrected chi connectivity index (χ0v) is 15.7. The molecule has 28 heavy (non-hydrogen) atoms. The Morgan fingerprint density at radius 3 is 2.46 bits per heavy atom. The maximum Gasteiger partial charge on any atom is 0.250 e. The number of rotatable bonds is 4. The van der Waals surface area contributed by atoms with Crippen molar-refractivity contribution in [3.05, 3.63) is 42.0 Å². The van der Waals surface area contributed by atoms with Gasteiger partial charge in [0.25, 0.3) is 5.91 Å². The number of benzene rings is 2. The summed E-state index contributed by atoms with van der Waals surface area (Å²) in [6.45, 7) is 3.89. The number of piperazine rings is 1. The van der Waals surface area contributed by atoms with E-state index in [2.05, 4.69) is 26.1 Å². The summed E-state index contributed by atoms with van der Waals surface area (Å²) in [5.74, 6) is 0.114. The Kier molecular flexibility index (Phi) is 3.98. The highest BCUT2D eigenvalue weighted by molar-refractivity contribution is 6.00. The highest BCUT2D eigenvalue weighted by Crippen LogP contribution is 2.33. The van der Waals surface area contributed by atoms with E-state index in [1.54, 1.807) is 0 Å². The zero-order valence-electron chi connectivity index (χ0n) is 15.7. The minimum Gasteiger partial charge on any atom is -0.382 e. The fraction of sp³-hybridized carbons (Fsp3) is 0.333. The number of hydrogen-bond acceptors (Lipinski definition) is 5. The first kappa shape index (κ1) is 17.1. The fourth-order valence-corrected chi connectivity index (χ4v) is 4.17. The van der Waals surface area contributed by atoms with Crippen LogP contribution in [-0.2, 0) is 0 Å². The van der Waals surface area contributed by atoms with Crippen LogP contribution >= 0.6 is 0 Å². The highest BCUT2D eigenvalue weighted by atomic mass is 16.1. The number of aromatic amines is 1. The van der Waals surface area contributed by atoms with Gasteiger partial charge < -0.3 is 16.4 Å². The number of fused-ring (bicyclic) bond motifs is 1. The molecule has 0 radical (unpaired) electrons. The van der Waals surface area contributed by atoms with Crippen molar-refractivity contribution in [2.75, 3.05) is 36.8 Å². The third kappa shape index (κ3) is 2.97. The number of nitrogen functional groups attached to an aromatic ring is 1. The third-order valence-electron chi connectivity index (χ3n) is 5.91. The summed E-state index contributed by atoms with van der Waals surface area (Å²) in [4.78, 5) is 16.9. The van der Waals surface area contributed by atoms with Crippen molar-refractivity contribution in [2.24, 2.45) is 5.73 Å². The fourth-order valence-electron chi connectivity index (χ4n) is 4.17. The maximum atomic E-state index is 12.0. The van der Waals surface area contributed by atoms with E-state index in [9.17, 15) is 4.79 Å². The third-order valence-corrected chi connectivity index (χ3v) is 5.91. The van der Waals surface area contributed by atoms with Gasteiger partial charge >= 0.3 is 0 Å². The number of carbonyl (C=O) groups excluding carboxylic acids is 1. The molecule has 7 nitrogen and oxygen atoms in total. The molecule has 144 valence electrons. The van der Waals surface area contributed by atoms with Crippen molar-refractivity contribution in [1.82, 2.24) is 15.1 Å². The lowest BCUT2D eigenvalue weighted by molar-refractivity contribution is 0.100. The number of nitrogens with one attached hydrogen (secondary N) is 1. The summed E-state index contributed by atoms with van der Waals surface area (Å²) in [7, 11) is 0. The van der Waals surface area contributed by atoms with Gasteiger partial charge in [-0.15, -0.1) is 0 Å². The van der Waals surface area contributed by atoms with Gasteiger partial charge in [0.2, 0.25) is 0 Å². The van der Waals surface area contributed by atoms with Crippen LogP contribution in [0.1, 0.15) is 23.2 Å². The molecule has 1 aliphatic carbocycles. The first-order valence-corrected chi connectivity index (χ1v) is 9.77. The minimum atomic E-state index is -0.386. The van der Waals surface area contributed by atoms with E-state index in [4.69, 9.17) is 11.5 Å². The van der Waals surface area contributed by atoms with E-state index < -0.39 is 0 Å². The van der Waals surface area contributed by atoms with Crippen molar-refractivity contribution in [2.45, 2.75) is 18.9 Å². The van der Waals surface area contributed by atoms with Gasteiger partial charge in [-0.25, -0.2) is 0 Å². The molecule has 1 aliphatic heterocycles. The molecule has 1 saturated carbocycles. The van der Waals surface area contributed by atoms with Crippen LogP contribution in [0.2, 0.25) is 0 Å². The number of H-pyrrole nitrogens is 1. The van der Waals surface area contributed by atoms with Crippen molar-refractivity contribution in [1.29, 1.82) is 0 Å². The molecular weight excluding hydrogens is 352 g/mol. The van der Waals surface area contributed by atoms with E-state index in [-0.39, 0.29) is 5.91 Å². The van der Waals surface area contributed by atoms with Crippen LogP contribution in [0.15, 0.2) is 36.4 Å². The lowest BCUT2D eigenvalue weighted by Crippen LogP contribution is -2.47. The molecule has 0 atom stereocenters. The molecule has 5 rings (SSSR count). The summed E-state index contributed by atoms with van der Waals surface area (Å²) >= 11 is 0. The molecule has 2 heterocycles. The zero-order chi connectivity index (χ0) is 19.3. The van der Waals surface area contributed by atoms with Crippen molar-refractivity contribution in [3.63, 3.8) is 0 Å². The van der Waals surface area contributed by atoms with Crippen LogP contribution in [0.4, 0.5) is 11.5 Å². The molecular formula is C21H24N6O. The SMILES string of the molecule is NC(=O)c1ccc(-c2ccc3c(N)n[nH]c3c2)cc1N1CCN(C2CC2)CC1. The van der Waals surface area contributed by atoms with Crippen LogP contribution in [0.25, 0.3) is 22.0 Å². The van der Waals surface area contributed by atoms with E-state index >= 15 is 0 Å². The maximum absolute atomic E-state index is 12.0. The number of amides is 1. The topological polar surface area (TPSA) is 104 Å². The first-order chi connectivity index (χ1) is 13.6. The molecule has 7 heteroatoms. The summed E-state index contributed by atoms with van der Waals surface area (Å²) in [6.07, 6.45) is 2.64. The molecule has 1 amide bonds. The van der Waals surface area contributed by atoms with E-state index in [1.165, 1.54) is 12.8 Å². The molecule has 0 spiro atoms. The van der Waals surface area contributed by atoms with Gasteiger partial charge in [-0.05, 0) is 48.2 Å². The number of aromatic nitrogens is 2. The lowest BCUT2D eigenvalue weighted by atomic mass is 10.00. The number of nitrogens with zero attached hydrogens (tertiary/aromatic N) is 3. The molecule has 3 aromatic rings. The van der Waals surface area contributed by atoms with Gasteiger partial charge in [0.1, 0.15) is 0 Å². The number of carbonyl (C=O) groups is 1. The van der Waals surface area contributed by atoms with Gasteiger partial charge in [-0.1, -0.05) is 12.1 Å². The second kappa shape index (κ2) is 6.53. The van der Waals surface area contributed by atoms with Crippen molar-refractivity contribution in [3.8, 4) is 11.1 Å². The number of anilines is 2. The van der Waals surface area contributed by atoms with Crippen LogP contribution in [0, 0.1) is 0 Å². The smallest absolute Gasteiger partial charge is 0.250 e. The van der Waals surface area contributed by atoms with Crippen molar-refractivity contribution >= 4 is 28.3 Å².